The van der Waals surface area contributed by atoms with Crippen LogP contribution in [0.4, 0.5) is 0 Å². The van der Waals surface area contributed by atoms with Gasteiger partial charge in [-0.25, -0.2) is 4.99 Å². The lowest BCUT2D eigenvalue weighted by Gasteiger charge is -2.32. The summed E-state index contributed by atoms with van der Waals surface area (Å²) in [6.07, 6.45) is 1.17. The molecule has 0 bridgehead atoms. The number of nitrogens with zero attached hydrogens (tertiary/aromatic N) is 3. The number of hydrogen-bond acceptors (Lipinski definition) is 5. The number of likely N-dealkylation sites (tertiary alicyclic amines) is 1. The maximum Gasteiger partial charge on any atom is 0.194 e. The summed E-state index contributed by atoms with van der Waals surface area (Å²) in [7, 11) is 0. The first-order chi connectivity index (χ1) is 13.7. The van der Waals surface area contributed by atoms with E-state index in [4.69, 9.17) is 30.8 Å². The number of aliphatic imine (C=N–C) groups is 1. The SMILES string of the molecule is CCNC(=NCc1cc(Cl)c2c(c1)OCCO2)N1CCC(N2CCOCC2)C1. The summed E-state index contributed by atoms with van der Waals surface area (Å²) in [5.41, 5.74) is 1.02. The molecular weight excluding hydrogens is 380 g/mol. The van der Waals surface area contributed by atoms with Crippen LogP contribution in [0.2, 0.25) is 5.02 Å². The third-order valence-electron chi connectivity index (χ3n) is 5.43. The molecule has 3 aliphatic rings. The first kappa shape index (κ1) is 19.6. The Hall–Kier alpha value is -1.70. The predicted molar refractivity (Wildman–Crippen MR) is 110 cm³/mol. The molecule has 3 heterocycles. The molecule has 0 radical (unpaired) electrons. The molecule has 0 saturated carbocycles. The average Bonchev–Trinajstić information content (AvgIpc) is 3.22. The first-order valence-corrected chi connectivity index (χ1v) is 10.6. The molecule has 1 atom stereocenters. The first-order valence-electron chi connectivity index (χ1n) is 10.2. The summed E-state index contributed by atoms with van der Waals surface area (Å²) >= 11 is 6.36. The van der Waals surface area contributed by atoms with Gasteiger partial charge in [0, 0.05) is 38.8 Å². The van der Waals surface area contributed by atoms with Crippen molar-refractivity contribution in [3.05, 3.63) is 22.7 Å². The zero-order valence-electron chi connectivity index (χ0n) is 16.5. The zero-order chi connectivity index (χ0) is 19.3. The fourth-order valence-corrected chi connectivity index (χ4v) is 4.31. The van der Waals surface area contributed by atoms with Crippen molar-refractivity contribution in [2.45, 2.75) is 25.9 Å². The summed E-state index contributed by atoms with van der Waals surface area (Å²) in [4.78, 5) is 9.78. The number of nitrogens with one attached hydrogen (secondary N) is 1. The van der Waals surface area contributed by atoms with E-state index in [-0.39, 0.29) is 0 Å². The predicted octanol–water partition coefficient (Wildman–Crippen LogP) is 1.98. The van der Waals surface area contributed by atoms with Gasteiger partial charge >= 0.3 is 0 Å². The van der Waals surface area contributed by atoms with Crippen molar-refractivity contribution >= 4 is 17.6 Å². The van der Waals surface area contributed by atoms with Gasteiger partial charge in [-0.05, 0) is 31.0 Å². The van der Waals surface area contributed by atoms with E-state index in [1.54, 1.807) is 0 Å². The third kappa shape index (κ3) is 4.47. The highest BCUT2D eigenvalue weighted by Crippen LogP contribution is 2.38. The largest absolute Gasteiger partial charge is 0.486 e. The molecule has 4 rings (SSSR count). The van der Waals surface area contributed by atoms with Gasteiger partial charge in [-0.15, -0.1) is 0 Å². The Morgan fingerprint density at radius 2 is 2.00 bits per heavy atom. The number of hydrogen-bond donors (Lipinski definition) is 1. The molecule has 0 amide bonds. The topological polar surface area (TPSA) is 58.6 Å². The number of halogens is 1. The second kappa shape index (κ2) is 9.20. The monoisotopic (exact) mass is 408 g/mol. The van der Waals surface area contributed by atoms with E-state index in [0.29, 0.717) is 42.3 Å². The Kier molecular flexibility index (Phi) is 6.44. The van der Waals surface area contributed by atoms with E-state index in [2.05, 4.69) is 22.0 Å². The number of fused-ring (bicyclic) bond motifs is 1. The molecule has 8 heteroatoms. The summed E-state index contributed by atoms with van der Waals surface area (Å²) in [6, 6.07) is 4.48. The van der Waals surface area contributed by atoms with E-state index in [1.165, 1.54) is 6.42 Å². The minimum Gasteiger partial charge on any atom is -0.486 e. The van der Waals surface area contributed by atoms with E-state index in [9.17, 15) is 0 Å². The van der Waals surface area contributed by atoms with E-state index in [0.717, 1.165) is 57.5 Å². The molecule has 28 heavy (non-hydrogen) atoms. The van der Waals surface area contributed by atoms with Crippen LogP contribution in [0.5, 0.6) is 11.5 Å². The number of benzene rings is 1. The normalized spacial score (nSPS) is 23.1. The quantitative estimate of drug-likeness (QED) is 0.607. The van der Waals surface area contributed by atoms with Gasteiger partial charge < -0.3 is 24.4 Å². The van der Waals surface area contributed by atoms with Gasteiger partial charge in [0.25, 0.3) is 0 Å². The van der Waals surface area contributed by atoms with Gasteiger partial charge in [-0.2, -0.15) is 0 Å². The lowest BCUT2D eigenvalue weighted by atomic mass is 10.2. The maximum absolute atomic E-state index is 6.36. The van der Waals surface area contributed by atoms with Crippen molar-refractivity contribution in [3.63, 3.8) is 0 Å². The van der Waals surface area contributed by atoms with Crippen molar-refractivity contribution < 1.29 is 14.2 Å². The molecular formula is C20H29ClN4O3. The van der Waals surface area contributed by atoms with E-state index >= 15 is 0 Å². The van der Waals surface area contributed by atoms with Gasteiger partial charge in [0.1, 0.15) is 13.2 Å². The third-order valence-corrected chi connectivity index (χ3v) is 5.71. The zero-order valence-corrected chi connectivity index (χ0v) is 17.2. The molecule has 3 aliphatic heterocycles. The van der Waals surface area contributed by atoms with Gasteiger partial charge in [-0.3, -0.25) is 4.90 Å². The van der Waals surface area contributed by atoms with Crippen LogP contribution < -0.4 is 14.8 Å². The Morgan fingerprint density at radius 1 is 1.18 bits per heavy atom. The van der Waals surface area contributed by atoms with Crippen molar-refractivity contribution in [1.29, 1.82) is 0 Å². The fourth-order valence-electron chi connectivity index (χ4n) is 4.02. The van der Waals surface area contributed by atoms with Crippen molar-refractivity contribution in [3.8, 4) is 11.5 Å². The highest BCUT2D eigenvalue weighted by Gasteiger charge is 2.30. The molecule has 7 nitrogen and oxygen atoms in total. The molecule has 2 saturated heterocycles. The standard InChI is InChI=1S/C20H29ClN4O3/c1-2-22-20(25-4-3-16(14-25)24-5-7-26-8-6-24)23-13-15-11-17(21)19-18(12-15)27-9-10-28-19/h11-12,16H,2-10,13-14H2,1H3,(H,22,23). The van der Waals surface area contributed by atoms with Crippen molar-refractivity contribution in [1.82, 2.24) is 15.1 Å². The number of rotatable bonds is 4. The van der Waals surface area contributed by atoms with Gasteiger partial charge in [0.15, 0.2) is 17.5 Å². The van der Waals surface area contributed by atoms with Crippen LogP contribution >= 0.6 is 11.6 Å². The second-order valence-electron chi connectivity index (χ2n) is 7.31. The Labute approximate surface area is 171 Å². The molecule has 1 aromatic carbocycles. The van der Waals surface area contributed by atoms with Gasteiger partial charge in [0.2, 0.25) is 0 Å². The highest BCUT2D eigenvalue weighted by atomic mass is 35.5. The Balaban J connectivity index is 1.43. The highest BCUT2D eigenvalue weighted by molar-refractivity contribution is 6.32. The van der Waals surface area contributed by atoms with Crippen LogP contribution in [-0.2, 0) is 11.3 Å². The van der Waals surface area contributed by atoms with Crippen LogP contribution in [0.1, 0.15) is 18.9 Å². The minimum absolute atomic E-state index is 0.536. The Morgan fingerprint density at radius 3 is 2.82 bits per heavy atom. The number of ether oxygens (including phenoxy) is 3. The molecule has 0 aliphatic carbocycles. The molecule has 1 N–H and O–H groups in total. The van der Waals surface area contributed by atoms with Gasteiger partial charge in [0.05, 0.1) is 24.8 Å². The van der Waals surface area contributed by atoms with Crippen LogP contribution in [0.15, 0.2) is 17.1 Å². The summed E-state index contributed by atoms with van der Waals surface area (Å²) in [5, 5.41) is 4.02. The summed E-state index contributed by atoms with van der Waals surface area (Å²) < 4.78 is 16.8. The molecule has 154 valence electrons. The molecule has 0 spiro atoms. The van der Waals surface area contributed by atoms with Gasteiger partial charge in [-0.1, -0.05) is 11.6 Å². The second-order valence-corrected chi connectivity index (χ2v) is 7.72. The number of guanidine groups is 1. The van der Waals surface area contributed by atoms with Crippen LogP contribution in [0, 0.1) is 0 Å². The van der Waals surface area contributed by atoms with Crippen LogP contribution in [0.25, 0.3) is 0 Å². The van der Waals surface area contributed by atoms with Crippen LogP contribution in [0.3, 0.4) is 0 Å². The van der Waals surface area contributed by atoms with Crippen molar-refractivity contribution in [2.24, 2.45) is 4.99 Å². The molecule has 1 aromatic rings. The summed E-state index contributed by atoms with van der Waals surface area (Å²) in [6.45, 7) is 10.4. The van der Waals surface area contributed by atoms with E-state index < -0.39 is 0 Å². The van der Waals surface area contributed by atoms with Crippen LogP contribution in [-0.4, -0.2) is 81.0 Å². The lowest BCUT2D eigenvalue weighted by molar-refractivity contribution is 0.0195. The average molecular weight is 409 g/mol. The van der Waals surface area contributed by atoms with Crippen molar-refractivity contribution in [2.75, 3.05) is 59.2 Å². The fraction of sp³-hybridized carbons (Fsp3) is 0.650. The summed E-state index contributed by atoms with van der Waals surface area (Å²) in [5.74, 6) is 2.31. The molecule has 2 fully saturated rings. The minimum atomic E-state index is 0.536. The maximum atomic E-state index is 6.36. The molecule has 0 aromatic heterocycles. The Bertz CT molecular complexity index is 709. The molecule has 1 unspecified atom stereocenters. The smallest absolute Gasteiger partial charge is 0.194 e. The lowest BCUT2D eigenvalue weighted by Crippen LogP contribution is -2.46. The van der Waals surface area contributed by atoms with E-state index in [1.807, 2.05) is 12.1 Å². The number of morpholine rings is 1.